The number of amides is 2. The van der Waals surface area contributed by atoms with Crippen LogP contribution in [0.15, 0.2) is 85.2 Å². The van der Waals surface area contributed by atoms with Crippen LogP contribution in [0.3, 0.4) is 0 Å². The topological polar surface area (TPSA) is 90.9 Å². The molecule has 0 aliphatic carbocycles. The molecule has 1 saturated heterocycles. The maximum Gasteiger partial charge on any atom is 0.254 e. The summed E-state index contributed by atoms with van der Waals surface area (Å²) in [6, 6.07) is 24.5. The van der Waals surface area contributed by atoms with Crippen molar-refractivity contribution in [3.05, 3.63) is 96.3 Å². The van der Waals surface area contributed by atoms with Crippen molar-refractivity contribution in [2.24, 2.45) is 0 Å². The van der Waals surface area contributed by atoms with Crippen LogP contribution in [0.1, 0.15) is 20.7 Å². The van der Waals surface area contributed by atoms with E-state index in [1.807, 2.05) is 103 Å². The lowest BCUT2D eigenvalue weighted by molar-refractivity contribution is 0.0535. The second-order valence-corrected chi connectivity index (χ2v) is 9.75. The molecule has 1 aliphatic heterocycles. The number of hydrogen-bond donors (Lipinski definition) is 1. The van der Waals surface area contributed by atoms with Crippen LogP contribution in [0.4, 0.5) is 17.2 Å². The molecule has 1 aliphatic rings. The van der Waals surface area contributed by atoms with Gasteiger partial charge in [-0.05, 0) is 54.6 Å². The zero-order valence-electron chi connectivity index (χ0n) is 22.9. The molecule has 0 spiro atoms. The highest BCUT2D eigenvalue weighted by Crippen LogP contribution is 2.24. The number of nitrogens with one attached hydrogen (secondary N) is 1. The van der Waals surface area contributed by atoms with E-state index < -0.39 is 0 Å². The Labute approximate surface area is 234 Å². The lowest BCUT2D eigenvalue weighted by atomic mass is 10.1. The van der Waals surface area contributed by atoms with Gasteiger partial charge in [-0.3, -0.25) is 9.59 Å². The summed E-state index contributed by atoms with van der Waals surface area (Å²) >= 11 is 0. The number of methoxy groups -OCH3 is 1. The third-order valence-electron chi connectivity index (χ3n) is 6.92. The zero-order valence-corrected chi connectivity index (χ0v) is 22.9. The van der Waals surface area contributed by atoms with Crippen molar-refractivity contribution >= 4 is 29.0 Å². The van der Waals surface area contributed by atoms with Crippen molar-refractivity contribution in [1.29, 1.82) is 0 Å². The first-order chi connectivity index (χ1) is 19.4. The Bertz CT molecular complexity index is 1480. The fraction of sp³-hybridized carbons (Fsp3) is 0.226. The number of piperazine rings is 1. The zero-order chi connectivity index (χ0) is 28.1. The predicted octanol–water partition coefficient (Wildman–Crippen LogP) is 4.56. The van der Waals surface area contributed by atoms with Crippen molar-refractivity contribution in [3.63, 3.8) is 0 Å². The van der Waals surface area contributed by atoms with Gasteiger partial charge in [-0.2, -0.15) is 0 Å². The van der Waals surface area contributed by atoms with Crippen molar-refractivity contribution in [1.82, 2.24) is 19.8 Å². The average molecular weight is 537 g/mol. The van der Waals surface area contributed by atoms with Crippen LogP contribution in [-0.4, -0.2) is 79.0 Å². The first-order valence-electron chi connectivity index (χ1n) is 13.1. The molecule has 0 bridgehead atoms. The molecule has 0 atom stereocenters. The van der Waals surface area contributed by atoms with E-state index in [-0.39, 0.29) is 11.8 Å². The van der Waals surface area contributed by atoms with Gasteiger partial charge < -0.3 is 24.8 Å². The van der Waals surface area contributed by atoms with Gasteiger partial charge in [0, 0.05) is 74.4 Å². The highest BCUT2D eigenvalue weighted by Gasteiger charge is 2.25. The molecular formula is C31H32N6O3. The molecule has 2 amide bonds. The van der Waals surface area contributed by atoms with Crippen LogP contribution < -0.4 is 15.0 Å². The van der Waals surface area contributed by atoms with Crippen LogP contribution in [-0.2, 0) is 0 Å². The smallest absolute Gasteiger partial charge is 0.254 e. The fourth-order valence-corrected chi connectivity index (χ4v) is 4.58. The standard InChI is InChI=1S/C31H32N6O3/c1-35(2)26-6-4-5-24(19-26)31(39)37-17-15-36(16-18-37)30(38)23-9-7-22(8-10-23)28-20-29(33-21-32-28)34-25-11-13-27(40-3)14-12-25/h4-14,19-21H,15-18H2,1-3H3,(H,32,33,34). The van der Waals surface area contributed by atoms with Crippen LogP contribution in [0, 0.1) is 0 Å². The summed E-state index contributed by atoms with van der Waals surface area (Å²) in [6.45, 7) is 1.98. The van der Waals surface area contributed by atoms with Crippen LogP contribution in [0.5, 0.6) is 5.75 Å². The quantitative estimate of drug-likeness (QED) is 0.370. The molecule has 9 nitrogen and oxygen atoms in total. The molecule has 4 aromatic rings. The van der Waals surface area contributed by atoms with Gasteiger partial charge in [0.1, 0.15) is 17.9 Å². The van der Waals surface area contributed by atoms with Crippen molar-refractivity contribution in [2.45, 2.75) is 0 Å². The van der Waals surface area contributed by atoms with E-state index in [4.69, 9.17) is 4.74 Å². The second-order valence-electron chi connectivity index (χ2n) is 9.75. The molecule has 0 unspecified atom stereocenters. The van der Waals surface area contributed by atoms with E-state index in [1.54, 1.807) is 12.0 Å². The largest absolute Gasteiger partial charge is 0.497 e. The SMILES string of the molecule is COc1ccc(Nc2cc(-c3ccc(C(=O)N4CCN(C(=O)c5cccc(N(C)C)c5)CC4)cc3)ncn2)cc1. The summed E-state index contributed by atoms with van der Waals surface area (Å²) in [5.41, 5.74) is 4.76. The van der Waals surface area contributed by atoms with Crippen LogP contribution >= 0.6 is 0 Å². The Morgan fingerprint density at radius 2 is 1.45 bits per heavy atom. The summed E-state index contributed by atoms with van der Waals surface area (Å²) in [5.74, 6) is 1.39. The number of carbonyl (C=O) groups excluding carboxylic acids is 2. The van der Waals surface area contributed by atoms with E-state index in [9.17, 15) is 9.59 Å². The highest BCUT2D eigenvalue weighted by molar-refractivity contribution is 5.96. The number of ether oxygens (including phenoxy) is 1. The van der Waals surface area contributed by atoms with Gasteiger partial charge in [-0.25, -0.2) is 9.97 Å². The molecule has 0 saturated carbocycles. The minimum atomic E-state index is -0.0437. The highest BCUT2D eigenvalue weighted by atomic mass is 16.5. The molecule has 5 rings (SSSR count). The van der Waals surface area contributed by atoms with Gasteiger partial charge in [-0.15, -0.1) is 0 Å². The van der Waals surface area contributed by atoms with E-state index in [1.165, 1.54) is 6.33 Å². The van der Waals surface area contributed by atoms with Gasteiger partial charge >= 0.3 is 0 Å². The molecule has 1 N–H and O–H groups in total. The summed E-state index contributed by atoms with van der Waals surface area (Å²) in [7, 11) is 5.53. The number of rotatable bonds is 7. The number of aromatic nitrogens is 2. The van der Waals surface area contributed by atoms with Gasteiger partial charge in [0.2, 0.25) is 0 Å². The maximum atomic E-state index is 13.2. The van der Waals surface area contributed by atoms with Crippen molar-refractivity contribution in [3.8, 4) is 17.0 Å². The monoisotopic (exact) mass is 536 g/mol. The Balaban J connectivity index is 1.19. The van der Waals surface area contributed by atoms with Crippen LogP contribution in [0.25, 0.3) is 11.3 Å². The van der Waals surface area contributed by atoms with Gasteiger partial charge in [0.15, 0.2) is 0 Å². The molecule has 2 heterocycles. The second kappa shape index (κ2) is 11.9. The molecule has 0 radical (unpaired) electrons. The van der Waals surface area contributed by atoms with Gasteiger partial charge in [-0.1, -0.05) is 18.2 Å². The lowest BCUT2D eigenvalue weighted by Gasteiger charge is -2.35. The molecular weight excluding hydrogens is 504 g/mol. The first-order valence-corrected chi connectivity index (χ1v) is 13.1. The molecule has 1 fully saturated rings. The summed E-state index contributed by atoms with van der Waals surface area (Å²) < 4.78 is 5.20. The predicted molar refractivity (Wildman–Crippen MR) is 156 cm³/mol. The number of nitrogens with zero attached hydrogens (tertiary/aromatic N) is 5. The van der Waals surface area contributed by atoms with E-state index in [0.29, 0.717) is 43.1 Å². The fourth-order valence-electron chi connectivity index (χ4n) is 4.58. The molecule has 40 heavy (non-hydrogen) atoms. The number of benzene rings is 3. The van der Waals surface area contributed by atoms with Gasteiger partial charge in [0.25, 0.3) is 11.8 Å². The summed E-state index contributed by atoms with van der Waals surface area (Å²) in [4.78, 5) is 40.5. The van der Waals surface area contributed by atoms with Crippen molar-refractivity contribution < 1.29 is 14.3 Å². The Kier molecular flexibility index (Phi) is 7.91. The third kappa shape index (κ3) is 6.04. The van der Waals surface area contributed by atoms with Crippen molar-refractivity contribution in [2.75, 3.05) is 57.6 Å². The van der Waals surface area contributed by atoms with Gasteiger partial charge in [0.05, 0.1) is 12.8 Å². The molecule has 204 valence electrons. The molecule has 3 aromatic carbocycles. The normalized spacial score (nSPS) is 13.1. The van der Waals surface area contributed by atoms with Crippen LogP contribution in [0.2, 0.25) is 0 Å². The minimum absolute atomic E-state index is 0.00847. The van der Waals surface area contributed by atoms with E-state index >= 15 is 0 Å². The lowest BCUT2D eigenvalue weighted by Crippen LogP contribution is -2.50. The number of hydrogen-bond acceptors (Lipinski definition) is 7. The number of anilines is 3. The summed E-state index contributed by atoms with van der Waals surface area (Å²) in [6.07, 6.45) is 1.51. The number of carbonyl (C=O) groups is 2. The Morgan fingerprint density at radius 3 is 2.08 bits per heavy atom. The minimum Gasteiger partial charge on any atom is -0.497 e. The summed E-state index contributed by atoms with van der Waals surface area (Å²) in [5, 5.41) is 3.27. The maximum absolute atomic E-state index is 13.2. The third-order valence-corrected chi connectivity index (χ3v) is 6.92. The molecule has 1 aromatic heterocycles. The Morgan fingerprint density at radius 1 is 0.800 bits per heavy atom. The molecule has 9 heteroatoms. The first kappa shape index (κ1) is 26.7. The average Bonchev–Trinajstić information content (AvgIpc) is 3.01. The Hall–Kier alpha value is -4.92. The van der Waals surface area contributed by atoms with E-state index in [2.05, 4.69) is 15.3 Å². The van der Waals surface area contributed by atoms with E-state index in [0.717, 1.165) is 28.4 Å².